The number of benzene rings is 1. The summed E-state index contributed by atoms with van der Waals surface area (Å²) in [6.45, 7) is 2.62. The molecule has 1 aliphatic rings. The summed E-state index contributed by atoms with van der Waals surface area (Å²) in [6.07, 6.45) is 1.01. The van der Waals surface area contributed by atoms with Gasteiger partial charge < -0.3 is 10.5 Å². The van der Waals surface area contributed by atoms with Gasteiger partial charge in [-0.25, -0.2) is 4.39 Å². The lowest BCUT2D eigenvalue weighted by Crippen LogP contribution is -2.32. The molecule has 2 rings (SSSR count). The van der Waals surface area contributed by atoms with Crippen molar-refractivity contribution in [3.8, 4) is 5.75 Å². The van der Waals surface area contributed by atoms with E-state index in [0.29, 0.717) is 18.3 Å². The first-order valence-corrected chi connectivity index (χ1v) is 4.77. The van der Waals surface area contributed by atoms with Gasteiger partial charge >= 0.3 is 0 Å². The minimum absolute atomic E-state index is 0.158. The van der Waals surface area contributed by atoms with Crippen LogP contribution in [0.25, 0.3) is 0 Å². The highest BCUT2D eigenvalue weighted by atomic mass is 19.1. The van der Waals surface area contributed by atoms with Crippen LogP contribution in [0.15, 0.2) is 24.3 Å². The number of hydrogen-bond donors (Lipinski definition) is 1. The third-order valence-corrected chi connectivity index (χ3v) is 2.83. The first-order valence-electron chi connectivity index (χ1n) is 4.77. The fraction of sp³-hybridized carbons (Fsp3) is 0.455. The number of nitrogens with two attached hydrogens (primary N) is 1. The van der Waals surface area contributed by atoms with Gasteiger partial charge in [0.1, 0.15) is 18.2 Å². The van der Waals surface area contributed by atoms with E-state index < -0.39 is 0 Å². The lowest BCUT2D eigenvalue weighted by atomic mass is 10.2. The minimum Gasteiger partial charge on any atom is -0.492 e. The molecule has 2 unspecified atom stereocenters. The predicted octanol–water partition coefficient (Wildman–Crippen LogP) is 1.94. The molecule has 0 amide bonds. The fourth-order valence-electron chi connectivity index (χ4n) is 1.46. The maximum atomic E-state index is 12.6. The first-order chi connectivity index (χ1) is 6.60. The molecule has 2 N–H and O–H groups in total. The first kappa shape index (κ1) is 9.46. The highest BCUT2D eigenvalue weighted by molar-refractivity contribution is 5.22. The van der Waals surface area contributed by atoms with E-state index in [1.165, 1.54) is 12.1 Å². The average Bonchev–Trinajstić information content (AvgIpc) is 2.74. The third-order valence-electron chi connectivity index (χ3n) is 2.83. The quantitative estimate of drug-likeness (QED) is 0.800. The van der Waals surface area contributed by atoms with Crippen LogP contribution in [-0.2, 0) is 0 Å². The molecule has 1 fully saturated rings. The lowest BCUT2D eigenvalue weighted by Gasteiger charge is -2.11. The van der Waals surface area contributed by atoms with Gasteiger partial charge in [0.05, 0.1) is 5.54 Å². The zero-order valence-corrected chi connectivity index (χ0v) is 8.16. The molecule has 0 radical (unpaired) electrons. The Bertz CT molecular complexity index is 325. The molecule has 0 saturated heterocycles. The van der Waals surface area contributed by atoms with Crippen LogP contribution in [0.2, 0.25) is 0 Å². The van der Waals surface area contributed by atoms with E-state index in [-0.39, 0.29) is 11.4 Å². The van der Waals surface area contributed by atoms with Crippen LogP contribution in [0.1, 0.15) is 13.3 Å². The number of hydrogen-bond acceptors (Lipinski definition) is 2. The zero-order chi connectivity index (χ0) is 10.2. The summed E-state index contributed by atoms with van der Waals surface area (Å²) in [7, 11) is 0. The Hall–Kier alpha value is -1.09. The van der Waals surface area contributed by atoms with Gasteiger partial charge in [0.25, 0.3) is 0 Å². The number of rotatable bonds is 3. The molecule has 2 atom stereocenters. The number of halogens is 1. The van der Waals surface area contributed by atoms with Gasteiger partial charge in [0.2, 0.25) is 0 Å². The second-order valence-corrected chi connectivity index (χ2v) is 4.08. The average molecular weight is 195 g/mol. The Morgan fingerprint density at radius 1 is 1.50 bits per heavy atom. The van der Waals surface area contributed by atoms with Crippen LogP contribution in [0, 0.1) is 11.7 Å². The van der Waals surface area contributed by atoms with Crippen LogP contribution in [0.4, 0.5) is 4.39 Å². The van der Waals surface area contributed by atoms with E-state index >= 15 is 0 Å². The van der Waals surface area contributed by atoms with E-state index in [1.54, 1.807) is 12.1 Å². The summed E-state index contributed by atoms with van der Waals surface area (Å²) in [6, 6.07) is 6.00. The van der Waals surface area contributed by atoms with E-state index in [4.69, 9.17) is 10.5 Å². The molecule has 2 nitrogen and oxygen atoms in total. The van der Waals surface area contributed by atoms with Gasteiger partial charge in [-0.3, -0.25) is 0 Å². The second kappa shape index (κ2) is 3.24. The van der Waals surface area contributed by atoms with E-state index in [2.05, 4.69) is 6.92 Å². The van der Waals surface area contributed by atoms with Gasteiger partial charge in [-0.15, -0.1) is 0 Å². The Balaban J connectivity index is 1.89. The maximum absolute atomic E-state index is 12.6. The Kier molecular flexibility index (Phi) is 2.19. The van der Waals surface area contributed by atoms with Crippen LogP contribution in [0.3, 0.4) is 0 Å². The monoisotopic (exact) mass is 195 g/mol. The molecule has 0 aliphatic heterocycles. The van der Waals surface area contributed by atoms with Crippen molar-refractivity contribution in [1.29, 1.82) is 0 Å². The molecular weight excluding hydrogens is 181 g/mol. The molecule has 0 aromatic heterocycles. The second-order valence-electron chi connectivity index (χ2n) is 4.08. The summed E-state index contributed by atoms with van der Waals surface area (Å²) in [4.78, 5) is 0. The zero-order valence-electron chi connectivity index (χ0n) is 8.16. The van der Waals surface area contributed by atoms with Gasteiger partial charge in [-0.05, 0) is 36.6 Å². The summed E-state index contributed by atoms with van der Waals surface area (Å²) >= 11 is 0. The van der Waals surface area contributed by atoms with Gasteiger partial charge in [0, 0.05) is 0 Å². The molecule has 0 heterocycles. The van der Waals surface area contributed by atoms with Crippen molar-refractivity contribution >= 4 is 0 Å². The van der Waals surface area contributed by atoms with Crippen molar-refractivity contribution in [2.75, 3.05) is 6.61 Å². The molecule has 1 aromatic rings. The third kappa shape index (κ3) is 1.87. The Morgan fingerprint density at radius 2 is 2.07 bits per heavy atom. The van der Waals surface area contributed by atoms with Crippen LogP contribution < -0.4 is 10.5 Å². The van der Waals surface area contributed by atoms with E-state index in [1.807, 2.05) is 0 Å². The van der Waals surface area contributed by atoms with Gasteiger partial charge in [0.15, 0.2) is 0 Å². The van der Waals surface area contributed by atoms with Crippen LogP contribution in [0.5, 0.6) is 5.75 Å². The van der Waals surface area contributed by atoms with Gasteiger partial charge in [-0.1, -0.05) is 6.92 Å². The fourth-order valence-corrected chi connectivity index (χ4v) is 1.46. The predicted molar refractivity (Wildman–Crippen MR) is 52.6 cm³/mol. The topological polar surface area (TPSA) is 35.2 Å². The van der Waals surface area contributed by atoms with Crippen molar-refractivity contribution in [2.45, 2.75) is 18.9 Å². The molecule has 3 heteroatoms. The number of ether oxygens (including phenoxy) is 1. The van der Waals surface area contributed by atoms with Crippen molar-refractivity contribution in [3.63, 3.8) is 0 Å². The van der Waals surface area contributed by atoms with Crippen LogP contribution >= 0.6 is 0 Å². The molecule has 1 aromatic carbocycles. The molecule has 14 heavy (non-hydrogen) atoms. The molecular formula is C11H14FNO. The Labute approximate surface area is 82.9 Å². The van der Waals surface area contributed by atoms with Crippen molar-refractivity contribution in [3.05, 3.63) is 30.1 Å². The molecule has 76 valence electrons. The largest absolute Gasteiger partial charge is 0.492 e. The van der Waals surface area contributed by atoms with Gasteiger partial charge in [-0.2, -0.15) is 0 Å². The summed E-state index contributed by atoms with van der Waals surface area (Å²) < 4.78 is 18.0. The highest BCUT2D eigenvalue weighted by Crippen LogP contribution is 2.40. The highest BCUT2D eigenvalue weighted by Gasteiger charge is 2.48. The maximum Gasteiger partial charge on any atom is 0.123 e. The SMILES string of the molecule is CC1CC1(N)COc1ccc(F)cc1. The minimum atomic E-state index is -0.250. The molecule has 0 spiro atoms. The van der Waals surface area contributed by atoms with E-state index in [0.717, 1.165) is 6.42 Å². The standard InChI is InChI=1S/C11H14FNO/c1-8-6-11(8,13)7-14-10-4-2-9(12)3-5-10/h2-5,8H,6-7,13H2,1H3. The molecule has 1 aliphatic carbocycles. The normalized spacial score (nSPS) is 30.1. The summed E-state index contributed by atoms with van der Waals surface area (Å²) in [5, 5.41) is 0. The van der Waals surface area contributed by atoms with Crippen molar-refractivity contribution in [2.24, 2.45) is 11.7 Å². The van der Waals surface area contributed by atoms with E-state index in [9.17, 15) is 4.39 Å². The summed E-state index contributed by atoms with van der Waals surface area (Å²) in [5.41, 5.74) is 5.81. The van der Waals surface area contributed by atoms with Crippen LogP contribution in [-0.4, -0.2) is 12.1 Å². The molecule has 0 bridgehead atoms. The smallest absolute Gasteiger partial charge is 0.123 e. The van der Waals surface area contributed by atoms with Crippen molar-refractivity contribution < 1.29 is 9.13 Å². The lowest BCUT2D eigenvalue weighted by molar-refractivity contribution is 0.271. The van der Waals surface area contributed by atoms with Crippen molar-refractivity contribution in [1.82, 2.24) is 0 Å². The Morgan fingerprint density at radius 3 is 2.57 bits per heavy atom. The summed E-state index contributed by atoms with van der Waals surface area (Å²) in [5.74, 6) is 0.956. The molecule has 1 saturated carbocycles.